The van der Waals surface area contributed by atoms with Crippen LogP contribution in [0.1, 0.15) is 74.4 Å². The van der Waals surface area contributed by atoms with E-state index in [-0.39, 0.29) is 31.3 Å². The monoisotopic (exact) mass is 844 g/mol. The highest BCUT2D eigenvalue weighted by Gasteiger charge is 2.80. The maximum Gasteiger partial charge on any atom is 0.344 e. The zero-order valence-electron chi connectivity index (χ0n) is 36.4. The zero-order valence-corrected chi connectivity index (χ0v) is 36.4. The molecule has 2 aromatic carbocycles. The topological polar surface area (TPSA) is 134 Å². The number of benzene rings is 2. The Hall–Kier alpha value is -4.53. The van der Waals surface area contributed by atoms with Gasteiger partial charge in [-0.2, -0.15) is 0 Å². The number of nitrogens with zero attached hydrogens (tertiary/aromatic N) is 3. The average Bonchev–Trinajstić information content (AvgIpc) is 3.89. The van der Waals surface area contributed by atoms with E-state index in [4.69, 9.17) is 18.9 Å². The highest BCUT2D eigenvalue weighted by molar-refractivity contribution is 5.95. The molecule has 1 unspecified atom stereocenters. The van der Waals surface area contributed by atoms with Gasteiger partial charge in [0.05, 0.1) is 27.4 Å². The number of methoxy groups -OCH3 is 3. The van der Waals surface area contributed by atoms with Gasteiger partial charge in [-0.25, -0.2) is 13.6 Å². The summed E-state index contributed by atoms with van der Waals surface area (Å²) in [5, 5.41) is 14.3. The minimum Gasteiger partial charge on any atom is -0.496 e. The first-order chi connectivity index (χ1) is 29.0. The number of fused-ring (bicyclic) bond motifs is 6. The third-order valence-electron chi connectivity index (χ3n) is 15.8. The molecule has 3 fully saturated rings. The molecule has 1 aromatic heterocycles. The fraction of sp³-hybridized carbons (Fsp3) is 0.596. The summed E-state index contributed by atoms with van der Waals surface area (Å²) in [4.78, 5) is 52.9. The van der Waals surface area contributed by atoms with Crippen molar-refractivity contribution in [2.24, 2.45) is 17.3 Å². The fourth-order valence-electron chi connectivity index (χ4n) is 13.6. The highest BCUT2D eigenvalue weighted by atomic mass is 19.3. The second-order valence-electron chi connectivity index (χ2n) is 18.8. The Labute approximate surface area is 355 Å². The molecule has 9 rings (SSSR count). The number of rotatable bonds is 7. The van der Waals surface area contributed by atoms with Crippen molar-refractivity contribution in [3.63, 3.8) is 0 Å². The smallest absolute Gasteiger partial charge is 0.344 e. The molecule has 61 heavy (non-hydrogen) atoms. The number of alkyl halides is 2. The van der Waals surface area contributed by atoms with E-state index in [1.54, 1.807) is 7.11 Å². The van der Waals surface area contributed by atoms with Crippen LogP contribution in [0.3, 0.4) is 0 Å². The van der Waals surface area contributed by atoms with Crippen molar-refractivity contribution in [3.05, 3.63) is 70.4 Å². The van der Waals surface area contributed by atoms with Crippen LogP contribution in [0.4, 0.5) is 14.5 Å². The first-order valence-corrected chi connectivity index (χ1v) is 21.6. The predicted molar refractivity (Wildman–Crippen MR) is 224 cm³/mol. The second-order valence-corrected chi connectivity index (χ2v) is 18.8. The van der Waals surface area contributed by atoms with E-state index in [0.29, 0.717) is 68.1 Å². The molecule has 0 radical (unpaired) electrons. The van der Waals surface area contributed by atoms with Crippen molar-refractivity contribution in [3.8, 4) is 5.75 Å². The van der Waals surface area contributed by atoms with E-state index in [9.17, 15) is 14.7 Å². The molecule has 1 aliphatic carbocycles. The summed E-state index contributed by atoms with van der Waals surface area (Å²) < 4.78 is 54.6. The van der Waals surface area contributed by atoms with Gasteiger partial charge in [0, 0.05) is 96.9 Å². The lowest BCUT2D eigenvalue weighted by Crippen LogP contribution is -2.81. The lowest BCUT2D eigenvalue weighted by atomic mass is 9.47. The Kier molecular flexibility index (Phi) is 9.77. The van der Waals surface area contributed by atoms with Crippen molar-refractivity contribution in [1.82, 2.24) is 14.8 Å². The van der Waals surface area contributed by atoms with Gasteiger partial charge in [-0.15, -0.1) is 0 Å². The van der Waals surface area contributed by atoms with E-state index in [0.717, 1.165) is 34.5 Å². The van der Waals surface area contributed by atoms with Crippen LogP contribution in [0.5, 0.6) is 5.75 Å². The van der Waals surface area contributed by atoms with Crippen LogP contribution >= 0.6 is 0 Å². The zero-order chi connectivity index (χ0) is 43.6. The molecule has 2 bridgehead atoms. The standard InChI is InChI=1S/C47H58F2N4O8/c1-9-44-14-10-16-53-18-15-45(38(44)53)32-21-33(36(58-6)22-35(32)51(5)39(45)47(57,42(56)60-8)40(44)61-27(3)54)46(41(55)59-7)23-28-20-29(43(4,48)49)25-52(24-28)17-13-30-31-19-26(2)11-12-34(31)50-37(30)46/h10-12,14,19,21-22,28-29,38-40,50,57H,9,13,15-18,20,23-25H2,1-8H3/t28-,29-,38+,39-,40-,44-,45-,46+,47+/m1/s1. The van der Waals surface area contributed by atoms with E-state index in [1.807, 2.05) is 62.2 Å². The Balaban J connectivity index is 1.36. The van der Waals surface area contributed by atoms with Gasteiger partial charge in [-0.3, -0.25) is 14.5 Å². The Morgan fingerprint density at radius 1 is 1.02 bits per heavy atom. The van der Waals surface area contributed by atoms with Crippen LogP contribution in [0.15, 0.2) is 42.5 Å². The highest BCUT2D eigenvalue weighted by Crippen LogP contribution is 2.68. The van der Waals surface area contributed by atoms with E-state index >= 15 is 13.6 Å². The lowest BCUT2D eigenvalue weighted by molar-refractivity contribution is -0.228. The number of carbonyl (C=O) groups is 3. The van der Waals surface area contributed by atoms with Crippen molar-refractivity contribution < 1.29 is 47.2 Å². The summed E-state index contributed by atoms with van der Waals surface area (Å²) in [6, 6.07) is 8.71. The third-order valence-corrected chi connectivity index (χ3v) is 15.8. The molecule has 1 spiro atoms. The fourth-order valence-corrected chi connectivity index (χ4v) is 13.6. The number of carbonyl (C=O) groups excluding carboxylic acids is 3. The van der Waals surface area contributed by atoms with Crippen LogP contribution < -0.4 is 9.64 Å². The summed E-state index contributed by atoms with van der Waals surface area (Å²) in [5.41, 5.74) is -0.466. The number of H-pyrrole nitrogens is 1. The lowest BCUT2D eigenvalue weighted by Gasteiger charge is -2.63. The molecule has 6 aliphatic rings. The molecule has 0 amide bonds. The summed E-state index contributed by atoms with van der Waals surface area (Å²) in [6.45, 7) is 8.82. The maximum absolute atomic E-state index is 15.4. The van der Waals surface area contributed by atoms with Crippen molar-refractivity contribution in [2.45, 2.75) is 100 Å². The summed E-state index contributed by atoms with van der Waals surface area (Å²) in [5.74, 6) is -5.91. The molecular weight excluding hydrogens is 787 g/mol. The second kappa shape index (κ2) is 14.2. The molecule has 10 atom stereocenters. The van der Waals surface area contributed by atoms with Gasteiger partial charge in [0.1, 0.15) is 11.2 Å². The molecule has 2 N–H and O–H groups in total. The van der Waals surface area contributed by atoms with Gasteiger partial charge in [-0.1, -0.05) is 30.7 Å². The number of aliphatic hydroxyl groups is 1. The number of aromatic nitrogens is 1. The van der Waals surface area contributed by atoms with Gasteiger partial charge >= 0.3 is 17.9 Å². The largest absolute Gasteiger partial charge is 0.496 e. The van der Waals surface area contributed by atoms with Crippen LogP contribution in [0, 0.1) is 24.2 Å². The van der Waals surface area contributed by atoms with Gasteiger partial charge in [0.15, 0.2) is 6.10 Å². The van der Waals surface area contributed by atoms with Crippen LogP contribution in [-0.2, 0) is 45.8 Å². The maximum atomic E-state index is 15.4. The molecule has 3 aromatic rings. The van der Waals surface area contributed by atoms with E-state index in [2.05, 4.69) is 20.9 Å². The molecular formula is C47H58F2N4O8. The number of hydrogen-bond acceptors (Lipinski definition) is 11. The number of piperidine rings is 1. The first-order valence-electron chi connectivity index (χ1n) is 21.6. The number of halogens is 2. The molecule has 12 nitrogen and oxygen atoms in total. The van der Waals surface area contributed by atoms with Crippen LogP contribution in [0.25, 0.3) is 10.9 Å². The number of anilines is 1. The number of hydrogen-bond donors (Lipinski definition) is 2. The first kappa shape index (κ1) is 41.8. The Bertz CT molecular complexity index is 2340. The minimum atomic E-state index is -2.93. The number of esters is 3. The normalized spacial score (nSPS) is 35.2. The molecule has 14 heteroatoms. The number of aromatic amines is 1. The minimum absolute atomic E-state index is 0.154. The van der Waals surface area contributed by atoms with Crippen molar-refractivity contribution in [2.75, 3.05) is 66.0 Å². The third kappa shape index (κ3) is 5.59. The number of nitrogens with one attached hydrogen (secondary N) is 1. The summed E-state index contributed by atoms with van der Waals surface area (Å²) in [7, 11) is 5.97. The quantitative estimate of drug-likeness (QED) is 0.179. The van der Waals surface area contributed by atoms with Gasteiger partial charge in [0.2, 0.25) is 11.5 Å². The molecule has 1 saturated carbocycles. The Morgan fingerprint density at radius 3 is 2.44 bits per heavy atom. The van der Waals surface area contributed by atoms with Gasteiger partial charge in [-0.05, 0) is 87.7 Å². The molecule has 328 valence electrons. The van der Waals surface area contributed by atoms with Crippen LogP contribution in [0.2, 0.25) is 0 Å². The predicted octanol–water partition coefficient (Wildman–Crippen LogP) is 5.43. The van der Waals surface area contributed by atoms with E-state index < -0.39 is 63.7 Å². The number of ether oxygens (including phenoxy) is 4. The molecule has 6 heterocycles. The summed E-state index contributed by atoms with van der Waals surface area (Å²) >= 11 is 0. The van der Waals surface area contributed by atoms with Crippen LogP contribution in [-0.4, -0.2) is 129 Å². The van der Waals surface area contributed by atoms with E-state index in [1.165, 1.54) is 21.1 Å². The van der Waals surface area contributed by atoms with Gasteiger partial charge < -0.3 is 38.8 Å². The molecule has 2 saturated heterocycles. The van der Waals surface area contributed by atoms with Crippen molar-refractivity contribution >= 4 is 34.5 Å². The van der Waals surface area contributed by atoms with Crippen molar-refractivity contribution in [1.29, 1.82) is 0 Å². The summed E-state index contributed by atoms with van der Waals surface area (Å²) in [6.07, 6.45) is 4.54. The SMILES string of the molecule is CC[C@]12C=CCN3CC[C@@]4(c5cc([C@@]6(C(=O)OC)C[C@H]7C[C@@H](C(C)(F)F)CN(CCc8c6[nH]c6ccc(C)cc86)C7)c(OC)cc5N(C)[C@H]4[C@@](O)(C(=O)OC)[C@@H]1OC(C)=O)[C@@H]32. The van der Waals surface area contributed by atoms with Gasteiger partial charge in [0.25, 0.3) is 0 Å². The number of likely N-dealkylation sites (N-methyl/N-ethyl adjacent to an activating group) is 1. The Morgan fingerprint density at radius 2 is 1.77 bits per heavy atom. The molecule has 5 aliphatic heterocycles. The number of aryl methyl sites for hydroxylation is 1. The average molecular weight is 845 g/mol.